The Labute approximate surface area is 66.3 Å². The molecule has 1 saturated heterocycles. The first kappa shape index (κ1) is 8.10. The summed E-state index contributed by atoms with van der Waals surface area (Å²) in [5, 5.41) is 2.46. The molecule has 1 aliphatic rings. The Morgan fingerprint density at radius 2 is 2.36 bits per heavy atom. The van der Waals surface area contributed by atoms with Crippen molar-refractivity contribution >= 4 is 19.8 Å². The van der Waals surface area contributed by atoms with Gasteiger partial charge in [0.15, 0.2) is 0 Å². The summed E-state index contributed by atoms with van der Waals surface area (Å²) in [5.41, 5.74) is 0. The Balaban J connectivity index is 2.55. The molecular formula is C6H11BN2O2. The Kier molecular flexibility index (Phi) is 2.17. The third-order valence-electron chi connectivity index (χ3n) is 1.48. The van der Waals surface area contributed by atoms with E-state index in [2.05, 4.69) is 5.32 Å². The lowest BCUT2D eigenvalue weighted by Crippen LogP contribution is -2.33. The van der Waals surface area contributed by atoms with Crippen molar-refractivity contribution in [1.29, 1.82) is 0 Å². The quantitative estimate of drug-likeness (QED) is 0.408. The largest absolute Gasteiger partial charge is 0.329 e. The van der Waals surface area contributed by atoms with Crippen LogP contribution in [0.25, 0.3) is 0 Å². The fourth-order valence-corrected chi connectivity index (χ4v) is 1.01. The number of amides is 3. The summed E-state index contributed by atoms with van der Waals surface area (Å²) in [6.07, 6.45) is 0. The van der Waals surface area contributed by atoms with Crippen LogP contribution in [0.15, 0.2) is 0 Å². The molecule has 1 heterocycles. The molecule has 1 aliphatic heterocycles. The molecule has 60 valence electrons. The van der Waals surface area contributed by atoms with Crippen molar-refractivity contribution in [1.82, 2.24) is 10.2 Å². The molecule has 1 fully saturated rings. The van der Waals surface area contributed by atoms with Gasteiger partial charge in [-0.2, -0.15) is 0 Å². The second-order valence-electron chi connectivity index (χ2n) is 3.06. The van der Waals surface area contributed by atoms with Gasteiger partial charge < -0.3 is 5.32 Å². The molecule has 11 heavy (non-hydrogen) atoms. The van der Waals surface area contributed by atoms with Crippen molar-refractivity contribution in [2.24, 2.45) is 0 Å². The van der Waals surface area contributed by atoms with Gasteiger partial charge in [-0.25, -0.2) is 4.79 Å². The van der Waals surface area contributed by atoms with E-state index in [1.807, 2.05) is 14.8 Å². The maximum atomic E-state index is 11.0. The number of rotatable bonds is 2. The molecule has 0 aromatic carbocycles. The first-order valence-electron chi connectivity index (χ1n) is 3.69. The summed E-state index contributed by atoms with van der Waals surface area (Å²) >= 11 is 0. The Bertz CT molecular complexity index is 177. The zero-order valence-electron chi connectivity index (χ0n) is 6.76. The van der Waals surface area contributed by atoms with Gasteiger partial charge in [-0.1, -0.05) is 12.7 Å². The minimum Gasteiger partial charge on any atom is -0.329 e. The van der Waals surface area contributed by atoms with E-state index in [0.717, 1.165) is 0 Å². The van der Waals surface area contributed by atoms with E-state index in [4.69, 9.17) is 0 Å². The number of hydrogen-bond donors (Lipinski definition) is 1. The molecule has 1 N–H and O–H groups in total. The van der Waals surface area contributed by atoms with Crippen LogP contribution in [0.4, 0.5) is 4.79 Å². The second-order valence-corrected chi connectivity index (χ2v) is 3.06. The van der Waals surface area contributed by atoms with Crippen LogP contribution in [0.5, 0.6) is 0 Å². The predicted octanol–water partition coefficient (Wildman–Crippen LogP) is -1.02. The van der Waals surface area contributed by atoms with Crippen LogP contribution in [0.1, 0.15) is 6.92 Å². The summed E-state index contributed by atoms with van der Waals surface area (Å²) in [4.78, 5) is 23.1. The van der Waals surface area contributed by atoms with E-state index in [-0.39, 0.29) is 18.5 Å². The van der Waals surface area contributed by atoms with Gasteiger partial charge in [0, 0.05) is 6.54 Å². The van der Waals surface area contributed by atoms with E-state index in [1.165, 1.54) is 4.90 Å². The van der Waals surface area contributed by atoms with E-state index in [0.29, 0.717) is 12.4 Å². The van der Waals surface area contributed by atoms with Gasteiger partial charge in [0.1, 0.15) is 7.85 Å². The zero-order chi connectivity index (χ0) is 8.43. The van der Waals surface area contributed by atoms with Crippen molar-refractivity contribution in [3.05, 3.63) is 0 Å². The highest BCUT2D eigenvalue weighted by atomic mass is 16.2. The maximum Gasteiger partial charge on any atom is 0.324 e. The van der Waals surface area contributed by atoms with E-state index >= 15 is 0 Å². The van der Waals surface area contributed by atoms with Crippen LogP contribution in [-0.4, -0.2) is 37.8 Å². The smallest absolute Gasteiger partial charge is 0.324 e. The third kappa shape index (κ3) is 1.72. The van der Waals surface area contributed by atoms with Crippen molar-refractivity contribution in [3.8, 4) is 0 Å². The molecule has 1 unspecified atom stereocenters. The van der Waals surface area contributed by atoms with Crippen LogP contribution in [0, 0.1) is 0 Å². The molecule has 3 amide bonds. The van der Waals surface area contributed by atoms with Crippen molar-refractivity contribution in [2.75, 3.05) is 13.1 Å². The Morgan fingerprint density at radius 3 is 2.73 bits per heavy atom. The van der Waals surface area contributed by atoms with E-state index in [1.54, 1.807) is 0 Å². The number of nitrogens with zero attached hydrogens (tertiary/aromatic N) is 1. The Morgan fingerprint density at radius 1 is 1.73 bits per heavy atom. The van der Waals surface area contributed by atoms with E-state index < -0.39 is 0 Å². The van der Waals surface area contributed by atoms with Gasteiger partial charge in [-0.3, -0.25) is 9.69 Å². The van der Waals surface area contributed by atoms with Crippen LogP contribution in [0.2, 0.25) is 5.82 Å². The van der Waals surface area contributed by atoms with Crippen LogP contribution < -0.4 is 5.32 Å². The monoisotopic (exact) mass is 154 g/mol. The highest BCUT2D eigenvalue weighted by molar-refractivity contribution is 6.12. The van der Waals surface area contributed by atoms with Gasteiger partial charge in [0.05, 0.1) is 6.54 Å². The lowest BCUT2D eigenvalue weighted by atomic mass is 9.89. The van der Waals surface area contributed by atoms with Crippen LogP contribution >= 0.6 is 0 Å². The average molecular weight is 154 g/mol. The summed E-state index contributed by atoms with van der Waals surface area (Å²) in [6.45, 7) is 2.65. The standard InChI is InChI=1S/C6H11BN2O2/c1-4(7)3-9-5(10)2-8-6(9)11/h4H,2-3,7H2,1H3,(H,8,11). The molecular weight excluding hydrogens is 143 g/mol. The van der Waals surface area contributed by atoms with E-state index in [9.17, 15) is 9.59 Å². The SMILES string of the molecule is BC(C)CN1C(=O)CNC1=O. The maximum absolute atomic E-state index is 11.0. The summed E-state index contributed by atoms with van der Waals surface area (Å²) in [5.74, 6) is 0.214. The molecule has 0 aromatic rings. The fourth-order valence-electron chi connectivity index (χ4n) is 1.01. The van der Waals surface area contributed by atoms with Gasteiger partial charge in [-0.15, -0.1) is 0 Å². The third-order valence-corrected chi connectivity index (χ3v) is 1.48. The first-order valence-corrected chi connectivity index (χ1v) is 3.69. The predicted molar refractivity (Wildman–Crippen MR) is 43.1 cm³/mol. The Hall–Kier alpha value is -0.995. The first-order chi connectivity index (χ1) is 5.11. The number of urea groups is 1. The number of hydrogen-bond acceptors (Lipinski definition) is 2. The summed E-state index contributed by atoms with van der Waals surface area (Å²) in [7, 11) is 1.97. The number of nitrogens with one attached hydrogen (secondary N) is 1. The fraction of sp³-hybridized carbons (Fsp3) is 0.667. The molecule has 5 heteroatoms. The molecule has 1 rings (SSSR count). The lowest BCUT2D eigenvalue weighted by Gasteiger charge is -2.13. The van der Waals surface area contributed by atoms with Crippen molar-refractivity contribution in [2.45, 2.75) is 12.7 Å². The highest BCUT2D eigenvalue weighted by Crippen LogP contribution is 2.05. The topological polar surface area (TPSA) is 49.4 Å². The van der Waals surface area contributed by atoms with Crippen molar-refractivity contribution in [3.63, 3.8) is 0 Å². The molecule has 0 spiro atoms. The van der Waals surface area contributed by atoms with Gasteiger partial charge in [0.2, 0.25) is 5.91 Å². The average Bonchev–Trinajstić information content (AvgIpc) is 2.18. The van der Waals surface area contributed by atoms with Crippen LogP contribution in [0.3, 0.4) is 0 Å². The van der Waals surface area contributed by atoms with Gasteiger partial charge in [-0.05, 0) is 0 Å². The molecule has 0 saturated carbocycles. The number of carbonyl (C=O) groups is 2. The summed E-state index contributed by atoms with van der Waals surface area (Å²) < 4.78 is 0. The molecule has 1 atom stereocenters. The van der Waals surface area contributed by atoms with Gasteiger partial charge in [0.25, 0.3) is 0 Å². The second kappa shape index (κ2) is 2.94. The minimum atomic E-state index is -0.260. The number of carbonyl (C=O) groups excluding carboxylic acids is 2. The molecule has 0 aliphatic carbocycles. The van der Waals surface area contributed by atoms with Crippen LogP contribution in [-0.2, 0) is 4.79 Å². The van der Waals surface area contributed by atoms with Gasteiger partial charge >= 0.3 is 6.03 Å². The molecule has 0 bridgehead atoms. The normalized spacial score (nSPS) is 20.3. The van der Waals surface area contributed by atoms with Crippen molar-refractivity contribution < 1.29 is 9.59 Å². The molecule has 0 radical (unpaired) electrons. The highest BCUT2D eigenvalue weighted by Gasteiger charge is 2.28. The molecule has 0 aromatic heterocycles. The minimum absolute atomic E-state index is 0.122. The lowest BCUT2D eigenvalue weighted by molar-refractivity contribution is -0.124. The zero-order valence-corrected chi connectivity index (χ0v) is 6.76. The number of imide groups is 1. The summed E-state index contributed by atoms with van der Waals surface area (Å²) in [6, 6.07) is -0.260. The molecule has 4 nitrogen and oxygen atoms in total.